The van der Waals surface area contributed by atoms with Gasteiger partial charge in [0.2, 0.25) is 0 Å². The minimum atomic E-state index is -4.39. The van der Waals surface area contributed by atoms with Crippen molar-refractivity contribution < 1.29 is 13.2 Å². The first-order chi connectivity index (χ1) is 6.88. The van der Waals surface area contributed by atoms with Crippen molar-refractivity contribution in [3.63, 3.8) is 0 Å². The number of anilines is 1. The Labute approximate surface area is 86.4 Å². The van der Waals surface area contributed by atoms with Crippen LogP contribution in [0.2, 0.25) is 0 Å². The maximum absolute atomic E-state index is 12.5. The van der Waals surface area contributed by atoms with Crippen molar-refractivity contribution in [1.29, 1.82) is 0 Å². The van der Waals surface area contributed by atoms with Gasteiger partial charge in [-0.05, 0) is 25.5 Å². The van der Waals surface area contributed by atoms with Crippen LogP contribution in [0.3, 0.4) is 0 Å². The summed E-state index contributed by atoms with van der Waals surface area (Å²) in [4.78, 5) is 0. The molecule has 0 aliphatic rings. The molecule has 0 unspecified atom stereocenters. The molecule has 0 saturated heterocycles. The molecule has 0 bridgehead atoms. The standard InChI is InChI=1S/C11H12F3N/c1-3-7(2)8-5-4-6-9(10(8)15)11(12,13)14/h3-6H,15H2,1-2H3/b7-3-. The van der Waals surface area contributed by atoms with Crippen LogP contribution in [-0.2, 0) is 6.18 Å². The van der Waals surface area contributed by atoms with Crippen molar-refractivity contribution in [1.82, 2.24) is 0 Å². The van der Waals surface area contributed by atoms with Gasteiger partial charge in [0, 0.05) is 5.56 Å². The lowest BCUT2D eigenvalue weighted by Gasteiger charge is -2.13. The van der Waals surface area contributed by atoms with Gasteiger partial charge in [-0.3, -0.25) is 0 Å². The van der Waals surface area contributed by atoms with Crippen LogP contribution >= 0.6 is 0 Å². The Morgan fingerprint density at radius 2 is 1.93 bits per heavy atom. The summed E-state index contributed by atoms with van der Waals surface area (Å²) < 4.78 is 37.5. The Morgan fingerprint density at radius 3 is 2.40 bits per heavy atom. The molecule has 0 aliphatic heterocycles. The molecule has 0 aromatic heterocycles. The van der Waals surface area contributed by atoms with Crippen LogP contribution in [0.1, 0.15) is 25.0 Å². The molecule has 15 heavy (non-hydrogen) atoms. The normalized spacial score (nSPS) is 13.0. The Hall–Kier alpha value is -1.45. The molecule has 82 valence electrons. The maximum Gasteiger partial charge on any atom is 0.418 e. The van der Waals surface area contributed by atoms with E-state index in [1.54, 1.807) is 26.0 Å². The Bertz CT molecular complexity index is 391. The highest BCUT2D eigenvalue weighted by atomic mass is 19.4. The highest BCUT2D eigenvalue weighted by Gasteiger charge is 2.33. The molecule has 0 heterocycles. The average Bonchev–Trinajstić information content (AvgIpc) is 2.15. The minimum absolute atomic E-state index is 0.208. The van der Waals surface area contributed by atoms with E-state index in [1.165, 1.54) is 6.07 Å². The van der Waals surface area contributed by atoms with Gasteiger partial charge >= 0.3 is 6.18 Å². The number of hydrogen-bond donors (Lipinski definition) is 1. The third kappa shape index (κ3) is 2.32. The highest BCUT2D eigenvalue weighted by Crippen LogP contribution is 2.36. The predicted molar refractivity (Wildman–Crippen MR) is 55.2 cm³/mol. The fourth-order valence-corrected chi connectivity index (χ4v) is 1.31. The maximum atomic E-state index is 12.5. The third-order valence-electron chi connectivity index (χ3n) is 2.27. The number of alkyl halides is 3. The molecule has 1 aromatic rings. The van der Waals surface area contributed by atoms with Crippen LogP contribution in [0.15, 0.2) is 24.3 Å². The first-order valence-corrected chi connectivity index (χ1v) is 4.47. The number of nitrogen functional groups attached to an aromatic ring is 1. The van der Waals surface area contributed by atoms with Crippen LogP contribution in [0, 0.1) is 0 Å². The lowest BCUT2D eigenvalue weighted by molar-refractivity contribution is -0.136. The smallest absolute Gasteiger partial charge is 0.398 e. The molecular formula is C11H12F3N. The zero-order valence-corrected chi connectivity index (χ0v) is 8.52. The first-order valence-electron chi connectivity index (χ1n) is 4.47. The average molecular weight is 215 g/mol. The lowest BCUT2D eigenvalue weighted by atomic mass is 10.0. The number of allylic oxidation sites excluding steroid dienone is 2. The van der Waals surface area contributed by atoms with E-state index >= 15 is 0 Å². The zero-order valence-electron chi connectivity index (χ0n) is 8.52. The fraction of sp³-hybridized carbons (Fsp3) is 0.273. The largest absolute Gasteiger partial charge is 0.418 e. The molecule has 4 heteroatoms. The molecule has 1 rings (SSSR count). The van der Waals surface area contributed by atoms with Crippen LogP contribution in [-0.4, -0.2) is 0 Å². The Kier molecular flexibility index (Phi) is 3.07. The van der Waals surface area contributed by atoms with E-state index in [9.17, 15) is 13.2 Å². The van der Waals surface area contributed by atoms with E-state index in [0.29, 0.717) is 5.56 Å². The number of halogens is 3. The Morgan fingerprint density at radius 1 is 1.33 bits per heavy atom. The SMILES string of the molecule is C/C=C(/C)c1cccc(C(F)(F)F)c1N. The summed E-state index contributed by atoms with van der Waals surface area (Å²) >= 11 is 0. The molecule has 1 nitrogen and oxygen atoms in total. The minimum Gasteiger partial charge on any atom is -0.398 e. The molecule has 0 atom stereocenters. The van der Waals surface area contributed by atoms with E-state index in [1.807, 2.05) is 0 Å². The number of hydrogen-bond acceptors (Lipinski definition) is 1. The predicted octanol–water partition coefficient (Wildman–Crippen LogP) is 3.71. The quantitative estimate of drug-likeness (QED) is 0.710. The van der Waals surface area contributed by atoms with Gasteiger partial charge in [0.25, 0.3) is 0 Å². The van der Waals surface area contributed by atoms with Crippen LogP contribution in [0.25, 0.3) is 5.57 Å². The van der Waals surface area contributed by atoms with E-state index in [2.05, 4.69) is 0 Å². The lowest BCUT2D eigenvalue weighted by Crippen LogP contribution is -2.10. The number of para-hydroxylation sites is 1. The van der Waals surface area contributed by atoms with E-state index in [0.717, 1.165) is 11.6 Å². The van der Waals surface area contributed by atoms with Gasteiger partial charge in [-0.1, -0.05) is 18.2 Å². The first kappa shape index (κ1) is 11.6. The summed E-state index contributed by atoms with van der Waals surface area (Å²) in [6.07, 6.45) is -2.67. The van der Waals surface area contributed by atoms with Gasteiger partial charge in [-0.25, -0.2) is 0 Å². The van der Waals surface area contributed by atoms with Gasteiger partial charge in [-0.2, -0.15) is 13.2 Å². The summed E-state index contributed by atoms with van der Waals surface area (Å²) in [7, 11) is 0. The van der Waals surface area contributed by atoms with Crippen LogP contribution in [0.5, 0.6) is 0 Å². The van der Waals surface area contributed by atoms with Crippen molar-refractivity contribution in [3.8, 4) is 0 Å². The number of benzene rings is 1. The second-order valence-electron chi connectivity index (χ2n) is 3.24. The monoisotopic (exact) mass is 215 g/mol. The summed E-state index contributed by atoms with van der Waals surface area (Å²) in [5.74, 6) is 0. The molecule has 2 N–H and O–H groups in total. The molecule has 0 radical (unpaired) electrons. The highest BCUT2D eigenvalue weighted by molar-refractivity contribution is 5.75. The second kappa shape index (κ2) is 3.96. The van der Waals surface area contributed by atoms with Crippen molar-refractivity contribution in [3.05, 3.63) is 35.4 Å². The summed E-state index contributed by atoms with van der Waals surface area (Å²) in [6, 6.07) is 3.93. The van der Waals surface area contributed by atoms with E-state index < -0.39 is 11.7 Å². The summed E-state index contributed by atoms with van der Waals surface area (Å²) in [5.41, 5.74) is 5.67. The van der Waals surface area contributed by atoms with Crippen molar-refractivity contribution >= 4 is 11.3 Å². The van der Waals surface area contributed by atoms with E-state index in [4.69, 9.17) is 5.73 Å². The van der Waals surface area contributed by atoms with Gasteiger partial charge < -0.3 is 5.73 Å². The molecule has 0 aliphatic carbocycles. The molecule has 0 amide bonds. The third-order valence-corrected chi connectivity index (χ3v) is 2.27. The fourth-order valence-electron chi connectivity index (χ4n) is 1.31. The summed E-state index contributed by atoms with van der Waals surface area (Å²) in [5, 5.41) is 0. The van der Waals surface area contributed by atoms with Gasteiger partial charge in [0.1, 0.15) is 0 Å². The van der Waals surface area contributed by atoms with E-state index in [-0.39, 0.29) is 5.69 Å². The molecule has 0 fully saturated rings. The van der Waals surface area contributed by atoms with Crippen molar-refractivity contribution in [2.24, 2.45) is 0 Å². The van der Waals surface area contributed by atoms with Crippen molar-refractivity contribution in [2.75, 3.05) is 5.73 Å². The molecule has 1 aromatic carbocycles. The van der Waals surface area contributed by atoms with Crippen LogP contribution in [0.4, 0.5) is 18.9 Å². The Balaban J connectivity index is 3.36. The van der Waals surface area contributed by atoms with Gasteiger partial charge in [0.05, 0.1) is 11.3 Å². The zero-order chi connectivity index (χ0) is 11.6. The topological polar surface area (TPSA) is 26.0 Å². The van der Waals surface area contributed by atoms with Crippen LogP contribution < -0.4 is 5.73 Å². The van der Waals surface area contributed by atoms with Gasteiger partial charge in [-0.15, -0.1) is 0 Å². The number of rotatable bonds is 1. The number of nitrogens with two attached hydrogens (primary N) is 1. The van der Waals surface area contributed by atoms with Crippen molar-refractivity contribution in [2.45, 2.75) is 20.0 Å². The second-order valence-corrected chi connectivity index (χ2v) is 3.24. The molecular weight excluding hydrogens is 203 g/mol. The summed E-state index contributed by atoms with van der Waals surface area (Å²) in [6.45, 7) is 3.49. The molecule has 0 saturated carbocycles. The molecule has 0 spiro atoms. The van der Waals surface area contributed by atoms with Gasteiger partial charge in [0.15, 0.2) is 0 Å².